The molecule has 0 saturated carbocycles. The second-order valence-electron chi connectivity index (χ2n) is 4.13. The Hall–Kier alpha value is -2.16. The third-order valence-corrected chi connectivity index (χ3v) is 2.96. The predicted molar refractivity (Wildman–Crippen MR) is 67.9 cm³/mol. The van der Waals surface area contributed by atoms with E-state index in [0.717, 1.165) is 0 Å². The molecule has 2 nitrogen and oxygen atoms in total. The van der Waals surface area contributed by atoms with Crippen molar-refractivity contribution in [3.63, 3.8) is 0 Å². The fraction of sp³-hybridized carbons (Fsp3) is 0.133. The van der Waals surface area contributed by atoms with Gasteiger partial charge < -0.3 is 5.11 Å². The van der Waals surface area contributed by atoms with E-state index in [2.05, 4.69) is 0 Å². The van der Waals surface area contributed by atoms with Crippen molar-refractivity contribution in [2.75, 3.05) is 0 Å². The smallest absolute Gasteiger partial charge is 0.310 e. The number of carboxylic acid groups (broad SMARTS) is 1. The van der Waals surface area contributed by atoms with Crippen LogP contribution < -0.4 is 0 Å². The number of aliphatic carboxylic acids is 1. The molecule has 0 bridgehead atoms. The van der Waals surface area contributed by atoms with Gasteiger partial charge in [-0.3, -0.25) is 4.79 Å². The second-order valence-corrected chi connectivity index (χ2v) is 4.13. The van der Waals surface area contributed by atoms with Crippen molar-refractivity contribution >= 4 is 5.97 Å². The molecule has 1 unspecified atom stereocenters. The van der Waals surface area contributed by atoms with Gasteiger partial charge in [0.15, 0.2) is 0 Å². The first-order chi connectivity index (χ1) is 8.61. The van der Waals surface area contributed by atoms with Crippen LogP contribution in [-0.2, 0) is 4.79 Å². The van der Waals surface area contributed by atoms with Gasteiger partial charge in [-0.25, -0.2) is 4.39 Å². The zero-order chi connectivity index (χ0) is 13.1. The molecule has 0 aliphatic rings. The Morgan fingerprint density at radius 1 is 1.06 bits per heavy atom. The molecule has 92 valence electrons. The minimum atomic E-state index is -0.918. The summed E-state index contributed by atoms with van der Waals surface area (Å²) in [5.74, 6) is -1.93. The van der Waals surface area contributed by atoms with Crippen molar-refractivity contribution in [2.24, 2.45) is 0 Å². The Morgan fingerprint density at radius 3 is 2.22 bits per heavy atom. The van der Waals surface area contributed by atoms with E-state index in [4.69, 9.17) is 5.11 Å². The third kappa shape index (κ3) is 2.25. The molecule has 0 aliphatic carbocycles. The largest absolute Gasteiger partial charge is 0.481 e. The van der Waals surface area contributed by atoms with Crippen molar-refractivity contribution in [1.82, 2.24) is 0 Å². The first-order valence-electron chi connectivity index (χ1n) is 5.68. The van der Waals surface area contributed by atoms with Gasteiger partial charge in [-0.05, 0) is 24.1 Å². The van der Waals surface area contributed by atoms with E-state index in [0.29, 0.717) is 16.7 Å². The molecule has 18 heavy (non-hydrogen) atoms. The summed E-state index contributed by atoms with van der Waals surface area (Å²) in [6, 6.07) is 13.4. The van der Waals surface area contributed by atoms with Crippen LogP contribution in [0.25, 0.3) is 11.1 Å². The van der Waals surface area contributed by atoms with Gasteiger partial charge in [-0.1, -0.05) is 42.5 Å². The maximum Gasteiger partial charge on any atom is 0.310 e. The second kappa shape index (κ2) is 5.00. The third-order valence-electron chi connectivity index (χ3n) is 2.96. The van der Waals surface area contributed by atoms with Crippen LogP contribution in [0.5, 0.6) is 0 Å². The molecule has 0 saturated heterocycles. The van der Waals surface area contributed by atoms with Crippen LogP contribution in [0.2, 0.25) is 0 Å². The standard InChI is InChI=1S/C15H13FO2/c1-10(15(17)18)11-6-2-3-7-12(11)13-8-4-5-9-14(13)16/h2-10H,1H3,(H,17,18). The Morgan fingerprint density at radius 2 is 1.61 bits per heavy atom. The number of hydrogen-bond donors (Lipinski definition) is 1. The highest BCUT2D eigenvalue weighted by Crippen LogP contribution is 2.30. The first kappa shape index (κ1) is 12.3. The summed E-state index contributed by atoms with van der Waals surface area (Å²) in [7, 11) is 0. The van der Waals surface area contributed by atoms with Crippen molar-refractivity contribution in [2.45, 2.75) is 12.8 Å². The molecule has 0 heterocycles. The molecule has 2 rings (SSSR count). The molecule has 0 amide bonds. The number of benzene rings is 2. The van der Waals surface area contributed by atoms with Gasteiger partial charge in [0.05, 0.1) is 5.92 Å². The topological polar surface area (TPSA) is 37.3 Å². The summed E-state index contributed by atoms with van der Waals surface area (Å²) < 4.78 is 13.8. The van der Waals surface area contributed by atoms with Crippen LogP contribution in [0.1, 0.15) is 18.4 Å². The Kier molecular flexibility index (Phi) is 3.42. The van der Waals surface area contributed by atoms with Crippen LogP contribution in [0.15, 0.2) is 48.5 Å². The lowest BCUT2D eigenvalue weighted by Crippen LogP contribution is -2.08. The normalized spacial score (nSPS) is 12.1. The van der Waals surface area contributed by atoms with Gasteiger partial charge in [-0.2, -0.15) is 0 Å². The van der Waals surface area contributed by atoms with E-state index >= 15 is 0 Å². The molecule has 0 radical (unpaired) electrons. The molecule has 1 atom stereocenters. The monoisotopic (exact) mass is 244 g/mol. The molecule has 0 aromatic heterocycles. The van der Waals surface area contributed by atoms with E-state index in [9.17, 15) is 9.18 Å². The summed E-state index contributed by atoms with van der Waals surface area (Å²) in [6.07, 6.45) is 0. The lowest BCUT2D eigenvalue weighted by Gasteiger charge is -2.13. The van der Waals surface area contributed by atoms with Gasteiger partial charge in [0.2, 0.25) is 0 Å². The van der Waals surface area contributed by atoms with Crippen LogP contribution >= 0.6 is 0 Å². The molecule has 2 aromatic rings. The van der Waals surface area contributed by atoms with E-state index in [-0.39, 0.29) is 5.82 Å². The van der Waals surface area contributed by atoms with Gasteiger partial charge >= 0.3 is 5.97 Å². The summed E-state index contributed by atoms with van der Waals surface area (Å²) in [5.41, 5.74) is 1.68. The minimum absolute atomic E-state index is 0.345. The quantitative estimate of drug-likeness (QED) is 0.894. The number of carbonyl (C=O) groups is 1. The zero-order valence-electron chi connectivity index (χ0n) is 9.93. The van der Waals surface area contributed by atoms with E-state index < -0.39 is 11.9 Å². The van der Waals surface area contributed by atoms with Gasteiger partial charge in [0, 0.05) is 5.56 Å². The van der Waals surface area contributed by atoms with Crippen molar-refractivity contribution in [3.8, 4) is 11.1 Å². The number of carboxylic acids is 1. The minimum Gasteiger partial charge on any atom is -0.481 e. The number of halogens is 1. The summed E-state index contributed by atoms with van der Waals surface area (Å²) in [5, 5.41) is 9.08. The summed E-state index contributed by atoms with van der Waals surface area (Å²) in [4.78, 5) is 11.1. The highest BCUT2D eigenvalue weighted by atomic mass is 19.1. The molecule has 0 fully saturated rings. The average molecular weight is 244 g/mol. The lowest BCUT2D eigenvalue weighted by atomic mass is 9.91. The fourth-order valence-corrected chi connectivity index (χ4v) is 1.93. The van der Waals surface area contributed by atoms with Crippen molar-refractivity contribution in [3.05, 3.63) is 59.9 Å². The van der Waals surface area contributed by atoms with Crippen LogP contribution in [0.3, 0.4) is 0 Å². The first-order valence-corrected chi connectivity index (χ1v) is 5.68. The SMILES string of the molecule is CC(C(=O)O)c1ccccc1-c1ccccc1F. The number of hydrogen-bond acceptors (Lipinski definition) is 1. The van der Waals surface area contributed by atoms with Gasteiger partial charge in [0.25, 0.3) is 0 Å². The van der Waals surface area contributed by atoms with E-state index in [1.54, 1.807) is 49.4 Å². The van der Waals surface area contributed by atoms with Crippen LogP contribution in [0.4, 0.5) is 4.39 Å². The average Bonchev–Trinajstić information content (AvgIpc) is 2.38. The van der Waals surface area contributed by atoms with Crippen molar-refractivity contribution < 1.29 is 14.3 Å². The fourth-order valence-electron chi connectivity index (χ4n) is 1.93. The van der Waals surface area contributed by atoms with E-state index in [1.165, 1.54) is 6.07 Å². The van der Waals surface area contributed by atoms with Crippen molar-refractivity contribution in [1.29, 1.82) is 0 Å². The maximum atomic E-state index is 13.8. The lowest BCUT2D eigenvalue weighted by molar-refractivity contribution is -0.138. The van der Waals surface area contributed by atoms with Gasteiger partial charge in [0.1, 0.15) is 5.82 Å². The molecular weight excluding hydrogens is 231 g/mol. The highest BCUT2D eigenvalue weighted by Gasteiger charge is 2.18. The van der Waals surface area contributed by atoms with Crippen LogP contribution in [0, 0.1) is 5.82 Å². The highest BCUT2D eigenvalue weighted by molar-refractivity contribution is 5.80. The molecular formula is C15H13FO2. The van der Waals surface area contributed by atoms with Crippen LogP contribution in [-0.4, -0.2) is 11.1 Å². The Labute approximate surface area is 105 Å². The molecule has 0 spiro atoms. The summed E-state index contributed by atoms with van der Waals surface area (Å²) in [6.45, 7) is 1.60. The number of rotatable bonds is 3. The molecule has 2 aromatic carbocycles. The van der Waals surface area contributed by atoms with Gasteiger partial charge in [-0.15, -0.1) is 0 Å². The Bertz CT molecular complexity index is 578. The maximum absolute atomic E-state index is 13.8. The zero-order valence-corrected chi connectivity index (χ0v) is 9.93. The molecule has 0 aliphatic heterocycles. The Balaban J connectivity index is 2.59. The molecule has 3 heteroatoms. The predicted octanol–water partition coefficient (Wildman–Crippen LogP) is 3.68. The van der Waals surface area contributed by atoms with E-state index in [1.807, 2.05) is 0 Å². The molecule has 1 N–H and O–H groups in total. The summed E-state index contributed by atoms with van der Waals surface area (Å²) >= 11 is 0.